The number of aryl methyl sites for hydroxylation is 1. The van der Waals surface area contributed by atoms with E-state index in [0.717, 1.165) is 49.5 Å². The average Bonchev–Trinajstić information content (AvgIpc) is 3.22. The second-order valence-electron chi connectivity index (χ2n) is 10.2. The molecule has 0 aliphatic carbocycles. The van der Waals surface area contributed by atoms with E-state index in [-0.39, 0.29) is 11.9 Å². The van der Waals surface area contributed by atoms with Crippen molar-refractivity contribution in [3.05, 3.63) is 66.1 Å². The Hall–Kier alpha value is -3.49. The predicted molar refractivity (Wildman–Crippen MR) is 147 cm³/mol. The molecule has 5 rings (SSSR count). The zero-order valence-corrected chi connectivity index (χ0v) is 22.1. The number of ether oxygens (including phenoxy) is 1. The van der Waals surface area contributed by atoms with Gasteiger partial charge in [0.1, 0.15) is 17.7 Å². The molecule has 8 nitrogen and oxygen atoms in total. The van der Waals surface area contributed by atoms with Crippen LogP contribution in [0.1, 0.15) is 25.4 Å². The molecule has 0 bridgehead atoms. The summed E-state index contributed by atoms with van der Waals surface area (Å²) in [5, 5.41) is 5.54. The summed E-state index contributed by atoms with van der Waals surface area (Å²) in [7, 11) is 3.57. The number of carbonyl (C=O) groups excluding carboxylic acids is 1. The van der Waals surface area contributed by atoms with Crippen LogP contribution < -0.4 is 5.32 Å². The number of para-hydroxylation sites is 2. The smallest absolute Gasteiger partial charge is 0.328 e. The van der Waals surface area contributed by atoms with Gasteiger partial charge in [-0.2, -0.15) is 0 Å². The number of anilines is 1. The number of benzene rings is 2. The van der Waals surface area contributed by atoms with Crippen LogP contribution in [0.2, 0.25) is 0 Å². The second kappa shape index (κ2) is 10.9. The number of esters is 1. The molecule has 0 amide bonds. The largest absolute Gasteiger partial charge is 0.467 e. The van der Waals surface area contributed by atoms with E-state index in [9.17, 15) is 4.79 Å². The highest BCUT2D eigenvalue weighted by Gasteiger charge is 2.25. The van der Waals surface area contributed by atoms with Gasteiger partial charge in [0, 0.05) is 56.4 Å². The van der Waals surface area contributed by atoms with E-state index in [1.807, 2.05) is 38.1 Å². The molecule has 3 heterocycles. The molecule has 2 aromatic heterocycles. The minimum Gasteiger partial charge on any atom is -0.467 e. The van der Waals surface area contributed by atoms with Crippen LogP contribution in [0, 0.1) is 5.92 Å². The summed E-state index contributed by atoms with van der Waals surface area (Å²) in [5.41, 5.74) is 3.49. The lowest BCUT2D eigenvalue weighted by atomic mass is 10.0. The lowest BCUT2D eigenvalue weighted by Gasteiger charge is -2.34. The Morgan fingerprint density at radius 3 is 2.35 bits per heavy atom. The third-order valence-electron chi connectivity index (χ3n) is 7.33. The number of aromatic nitrogens is 3. The molecule has 2 aromatic carbocycles. The predicted octanol–water partition coefficient (Wildman–Crippen LogP) is 4.05. The number of fused-ring (bicyclic) bond motifs is 2. The third kappa shape index (κ3) is 5.45. The van der Waals surface area contributed by atoms with Gasteiger partial charge in [-0.05, 0) is 35.6 Å². The van der Waals surface area contributed by atoms with E-state index < -0.39 is 6.04 Å². The standard InChI is InChI=1S/C29H36N6O2/c1-20(2)27(29(36)37-4)32-28-23-10-6-7-11-24(23)30-26(31-28)19-35-15-13-34(14-16-35)18-22-17-21-9-5-8-12-25(21)33(22)3/h5-12,17,20,27H,13-16,18-19H2,1-4H3,(H,30,31,32)/t27-/m0/s1. The van der Waals surface area contributed by atoms with Gasteiger partial charge in [-0.3, -0.25) is 9.80 Å². The van der Waals surface area contributed by atoms with Gasteiger partial charge in [0.2, 0.25) is 0 Å². The van der Waals surface area contributed by atoms with Gasteiger partial charge in [-0.25, -0.2) is 14.8 Å². The van der Waals surface area contributed by atoms with Crippen molar-refractivity contribution >= 4 is 33.6 Å². The Morgan fingerprint density at radius 1 is 0.973 bits per heavy atom. The molecule has 0 radical (unpaired) electrons. The maximum absolute atomic E-state index is 12.4. The van der Waals surface area contributed by atoms with E-state index in [2.05, 4.69) is 57.1 Å². The molecular formula is C29H36N6O2. The van der Waals surface area contributed by atoms with Gasteiger partial charge < -0.3 is 14.6 Å². The summed E-state index contributed by atoms with van der Waals surface area (Å²) in [4.78, 5) is 27.0. The number of hydrogen-bond donors (Lipinski definition) is 1. The fourth-order valence-electron chi connectivity index (χ4n) is 5.11. The van der Waals surface area contributed by atoms with Crippen LogP contribution in [0.3, 0.4) is 0 Å². The second-order valence-corrected chi connectivity index (χ2v) is 10.2. The van der Waals surface area contributed by atoms with E-state index in [1.54, 1.807) is 0 Å². The maximum Gasteiger partial charge on any atom is 0.328 e. The number of carbonyl (C=O) groups is 1. The molecule has 1 atom stereocenters. The van der Waals surface area contributed by atoms with Gasteiger partial charge in [-0.1, -0.05) is 44.2 Å². The molecule has 0 spiro atoms. The van der Waals surface area contributed by atoms with Crippen molar-refractivity contribution < 1.29 is 9.53 Å². The van der Waals surface area contributed by atoms with E-state index in [1.165, 1.54) is 23.7 Å². The van der Waals surface area contributed by atoms with E-state index in [0.29, 0.717) is 12.4 Å². The van der Waals surface area contributed by atoms with Crippen LogP contribution in [0.15, 0.2) is 54.6 Å². The fourth-order valence-corrected chi connectivity index (χ4v) is 5.11. The Kier molecular flexibility index (Phi) is 7.39. The molecule has 4 aromatic rings. The molecule has 1 saturated heterocycles. The molecule has 0 unspecified atom stereocenters. The first-order chi connectivity index (χ1) is 17.9. The average molecular weight is 501 g/mol. The summed E-state index contributed by atoms with van der Waals surface area (Å²) >= 11 is 0. The Morgan fingerprint density at radius 2 is 1.65 bits per heavy atom. The summed E-state index contributed by atoms with van der Waals surface area (Å²) in [6.45, 7) is 9.53. The number of hydrogen-bond acceptors (Lipinski definition) is 7. The third-order valence-corrected chi connectivity index (χ3v) is 7.33. The zero-order chi connectivity index (χ0) is 25.9. The van der Waals surface area contributed by atoms with Crippen LogP contribution in [0.25, 0.3) is 21.8 Å². The Labute approximate surface area is 218 Å². The summed E-state index contributed by atoms with van der Waals surface area (Å²) < 4.78 is 7.33. The van der Waals surface area contributed by atoms with Crippen LogP contribution in [-0.2, 0) is 29.7 Å². The van der Waals surface area contributed by atoms with E-state index in [4.69, 9.17) is 14.7 Å². The van der Waals surface area contributed by atoms with Gasteiger partial charge in [0.25, 0.3) is 0 Å². The van der Waals surface area contributed by atoms with E-state index >= 15 is 0 Å². The van der Waals surface area contributed by atoms with Gasteiger partial charge in [0.15, 0.2) is 0 Å². The zero-order valence-electron chi connectivity index (χ0n) is 22.1. The molecule has 1 fully saturated rings. The highest BCUT2D eigenvalue weighted by Crippen LogP contribution is 2.24. The van der Waals surface area contributed by atoms with Gasteiger partial charge >= 0.3 is 5.97 Å². The topological polar surface area (TPSA) is 75.5 Å². The first kappa shape index (κ1) is 25.2. The van der Waals surface area contributed by atoms with Crippen LogP contribution >= 0.6 is 0 Å². The first-order valence-corrected chi connectivity index (χ1v) is 13.0. The molecule has 37 heavy (non-hydrogen) atoms. The first-order valence-electron chi connectivity index (χ1n) is 13.0. The van der Waals surface area contributed by atoms with Crippen molar-refractivity contribution in [2.45, 2.75) is 33.0 Å². The Bertz CT molecular complexity index is 1390. The summed E-state index contributed by atoms with van der Waals surface area (Å²) in [5.74, 6) is 1.20. The van der Waals surface area contributed by atoms with Crippen LogP contribution in [-0.4, -0.2) is 69.6 Å². The molecule has 1 N–H and O–H groups in total. The number of methoxy groups -OCH3 is 1. The summed E-state index contributed by atoms with van der Waals surface area (Å²) in [6.07, 6.45) is 0. The Balaban J connectivity index is 1.27. The highest BCUT2D eigenvalue weighted by molar-refractivity contribution is 5.91. The van der Waals surface area contributed by atoms with Crippen molar-refractivity contribution in [3.8, 4) is 0 Å². The minimum atomic E-state index is -0.478. The SMILES string of the molecule is COC(=O)[C@@H](Nc1nc(CN2CCN(Cc3cc4ccccc4n3C)CC2)nc2ccccc12)C(C)C. The highest BCUT2D eigenvalue weighted by atomic mass is 16.5. The number of nitrogens with one attached hydrogen (secondary N) is 1. The molecule has 1 aliphatic heterocycles. The molecule has 194 valence electrons. The molecule has 0 saturated carbocycles. The minimum absolute atomic E-state index is 0.0551. The van der Waals surface area contributed by atoms with Crippen LogP contribution in [0.5, 0.6) is 0 Å². The van der Waals surface area contributed by atoms with Crippen molar-refractivity contribution in [2.24, 2.45) is 13.0 Å². The number of rotatable bonds is 8. The lowest BCUT2D eigenvalue weighted by Crippen LogP contribution is -2.45. The normalized spacial score (nSPS) is 15.9. The fraction of sp³-hybridized carbons (Fsp3) is 0.414. The van der Waals surface area contributed by atoms with Crippen molar-refractivity contribution in [1.82, 2.24) is 24.3 Å². The van der Waals surface area contributed by atoms with Gasteiger partial charge in [0.05, 0.1) is 19.2 Å². The lowest BCUT2D eigenvalue weighted by molar-refractivity contribution is -0.142. The summed E-state index contributed by atoms with van der Waals surface area (Å²) in [6, 6.07) is 18.3. The van der Waals surface area contributed by atoms with Crippen LogP contribution in [0.4, 0.5) is 5.82 Å². The van der Waals surface area contributed by atoms with Crippen molar-refractivity contribution in [1.29, 1.82) is 0 Å². The maximum atomic E-state index is 12.4. The van der Waals surface area contributed by atoms with Crippen molar-refractivity contribution in [3.63, 3.8) is 0 Å². The molecular weight excluding hydrogens is 464 g/mol. The molecule has 1 aliphatic rings. The monoisotopic (exact) mass is 500 g/mol. The van der Waals surface area contributed by atoms with Crippen molar-refractivity contribution in [2.75, 3.05) is 38.6 Å². The number of nitrogens with zero attached hydrogens (tertiary/aromatic N) is 5. The quantitative estimate of drug-likeness (QED) is 0.366. The molecule has 8 heteroatoms. The van der Waals surface area contributed by atoms with Gasteiger partial charge in [-0.15, -0.1) is 0 Å². The number of piperazine rings is 1.